The molecule has 0 saturated carbocycles. The number of nitrogens with zero attached hydrogens (tertiary/aromatic N) is 3. The molecule has 1 amide bonds. The molecule has 0 unspecified atom stereocenters. The summed E-state index contributed by atoms with van der Waals surface area (Å²) in [6.45, 7) is 3.79. The fraction of sp³-hybridized carbons (Fsp3) is 0.208. The third-order valence-corrected chi connectivity index (χ3v) is 6.23. The Kier molecular flexibility index (Phi) is 6.69. The first-order valence-electron chi connectivity index (χ1n) is 10.6. The highest BCUT2D eigenvalue weighted by Crippen LogP contribution is 2.37. The summed E-state index contributed by atoms with van der Waals surface area (Å²) in [6.07, 6.45) is 2.60. The predicted molar refractivity (Wildman–Crippen MR) is 129 cm³/mol. The van der Waals surface area contributed by atoms with E-state index >= 15 is 0 Å². The van der Waals surface area contributed by atoms with Crippen molar-refractivity contribution in [3.8, 4) is 11.1 Å². The van der Waals surface area contributed by atoms with Gasteiger partial charge in [-0.05, 0) is 50.1 Å². The molecule has 34 heavy (non-hydrogen) atoms. The van der Waals surface area contributed by atoms with Crippen molar-refractivity contribution in [2.75, 3.05) is 11.9 Å². The highest BCUT2D eigenvalue weighted by molar-refractivity contribution is 7.15. The topological polar surface area (TPSA) is 116 Å². The van der Waals surface area contributed by atoms with Crippen LogP contribution >= 0.6 is 11.3 Å². The predicted octanol–water partition coefficient (Wildman–Crippen LogP) is 5.03. The number of pyridine rings is 1. The van der Waals surface area contributed by atoms with Gasteiger partial charge in [-0.1, -0.05) is 6.07 Å². The van der Waals surface area contributed by atoms with E-state index in [2.05, 4.69) is 10.3 Å². The first kappa shape index (κ1) is 23.1. The van der Waals surface area contributed by atoms with Gasteiger partial charge in [-0.15, -0.1) is 11.3 Å². The number of imidazole rings is 1. The number of ether oxygens (including phenoxy) is 1. The van der Waals surface area contributed by atoms with Crippen LogP contribution in [0.3, 0.4) is 0 Å². The first-order chi connectivity index (χ1) is 16.4. The number of esters is 1. The number of thiophene rings is 1. The lowest BCUT2D eigenvalue weighted by Gasteiger charge is -2.09. The van der Waals surface area contributed by atoms with Crippen LogP contribution in [0.25, 0.3) is 16.8 Å². The van der Waals surface area contributed by atoms with Gasteiger partial charge < -0.3 is 14.5 Å². The van der Waals surface area contributed by atoms with Crippen LogP contribution in [0.4, 0.5) is 10.7 Å². The van der Waals surface area contributed by atoms with Gasteiger partial charge in [-0.2, -0.15) is 0 Å². The van der Waals surface area contributed by atoms with Crippen LogP contribution in [0.1, 0.15) is 35.1 Å². The summed E-state index contributed by atoms with van der Waals surface area (Å²) in [5, 5.41) is 15.9. The molecule has 0 aliphatic heterocycles. The van der Waals surface area contributed by atoms with Crippen molar-refractivity contribution in [1.29, 1.82) is 0 Å². The number of hydrogen-bond donors (Lipinski definition) is 1. The first-order valence-corrected chi connectivity index (χ1v) is 11.5. The fourth-order valence-corrected chi connectivity index (χ4v) is 4.69. The maximum Gasteiger partial charge on any atom is 0.341 e. The number of nitrogens with one attached hydrogen (secondary N) is 1. The molecule has 0 aliphatic rings. The highest BCUT2D eigenvalue weighted by atomic mass is 32.1. The number of benzene rings is 1. The number of carbonyl (C=O) groups excluding carboxylic acids is 2. The Balaban J connectivity index is 1.56. The SMILES string of the molecule is CCOC(=O)c1c(-c2ccc([N+](=O)[O-])cc2)csc1NC(=O)CCc1c(C)nc2ccccn12. The van der Waals surface area contributed by atoms with Crippen LogP contribution in [0.5, 0.6) is 0 Å². The molecule has 0 aliphatic carbocycles. The Morgan fingerprint density at radius 3 is 2.68 bits per heavy atom. The quantitative estimate of drug-likeness (QED) is 0.216. The van der Waals surface area contributed by atoms with E-state index in [4.69, 9.17) is 4.74 Å². The summed E-state index contributed by atoms with van der Waals surface area (Å²) in [6, 6.07) is 11.6. The molecule has 1 aromatic carbocycles. The lowest BCUT2D eigenvalue weighted by molar-refractivity contribution is -0.384. The van der Waals surface area contributed by atoms with Crippen LogP contribution < -0.4 is 5.32 Å². The second kappa shape index (κ2) is 9.84. The van der Waals surface area contributed by atoms with Crippen molar-refractivity contribution < 1.29 is 19.2 Å². The van der Waals surface area contributed by atoms with Gasteiger partial charge in [0.2, 0.25) is 5.91 Å². The van der Waals surface area contributed by atoms with Gasteiger partial charge in [0, 0.05) is 41.4 Å². The van der Waals surface area contributed by atoms with Crippen molar-refractivity contribution >= 4 is 39.5 Å². The molecule has 0 spiro atoms. The maximum absolute atomic E-state index is 12.8. The van der Waals surface area contributed by atoms with Crippen LogP contribution in [0, 0.1) is 17.0 Å². The third kappa shape index (κ3) is 4.67. The van der Waals surface area contributed by atoms with E-state index in [0.717, 1.165) is 17.0 Å². The van der Waals surface area contributed by atoms with E-state index in [1.54, 1.807) is 24.4 Å². The third-order valence-electron chi connectivity index (χ3n) is 5.33. The molecule has 0 saturated heterocycles. The Morgan fingerprint density at radius 1 is 1.21 bits per heavy atom. The summed E-state index contributed by atoms with van der Waals surface area (Å²) in [4.78, 5) is 40.5. The van der Waals surface area contributed by atoms with Gasteiger partial charge >= 0.3 is 5.97 Å². The summed E-state index contributed by atoms with van der Waals surface area (Å²) in [7, 11) is 0. The number of non-ortho nitro benzene ring substituents is 1. The smallest absolute Gasteiger partial charge is 0.341 e. The van der Waals surface area contributed by atoms with Gasteiger partial charge in [0.15, 0.2) is 0 Å². The van der Waals surface area contributed by atoms with Crippen LogP contribution in [0.2, 0.25) is 0 Å². The molecule has 1 N–H and O–H groups in total. The van der Waals surface area contributed by atoms with Crippen LogP contribution in [-0.4, -0.2) is 32.8 Å². The largest absolute Gasteiger partial charge is 0.462 e. The molecule has 0 radical (unpaired) electrons. The van der Waals surface area contributed by atoms with Crippen LogP contribution in [0.15, 0.2) is 54.0 Å². The Bertz CT molecular complexity index is 1370. The van der Waals surface area contributed by atoms with E-state index in [0.29, 0.717) is 22.5 Å². The zero-order chi connectivity index (χ0) is 24.2. The molecule has 3 heterocycles. The number of fused-ring (bicyclic) bond motifs is 1. The average molecular weight is 479 g/mol. The van der Waals surface area contributed by atoms with Crippen molar-refractivity contribution in [1.82, 2.24) is 9.38 Å². The second-order valence-electron chi connectivity index (χ2n) is 7.50. The molecule has 4 rings (SSSR count). The minimum atomic E-state index is -0.565. The number of nitro benzene ring substituents is 1. The number of aromatic nitrogens is 2. The zero-order valence-electron chi connectivity index (χ0n) is 18.6. The minimum absolute atomic E-state index is 0.0483. The van der Waals surface area contributed by atoms with Gasteiger partial charge in [-0.25, -0.2) is 9.78 Å². The zero-order valence-corrected chi connectivity index (χ0v) is 19.4. The summed E-state index contributed by atoms with van der Waals surface area (Å²) < 4.78 is 7.17. The van der Waals surface area contributed by atoms with Gasteiger partial charge in [-0.3, -0.25) is 14.9 Å². The molecule has 4 aromatic rings. The number of amides is 1. The van der Waals surface area contributed by atoms with Gasteiger partial charge in [0.1, 0.15) is 16.2 Å². The normalized spacial score (nSPS) is 10.9. The number of anilines is 1. The van der Waals surface area contributed by atoms with Crippen LogP contribution in [-0.2, 0) is 16.0 Å². The van der Waals surface area contributed by atoms with Crippen molar-refractivity contribution in [2.24, 2.45) is 0 Å². The molecule has 0 bridgehead atoms. The lowest BCUT2D eigenvalue weighted by atomic mass is 10.0. The standard InChI is InChI=1S/C24H22N4O5S/c1-3-33-24(30)22-18(16-7-9-17(10-8-16)28(31)32)14-34-23(22)26-21(29)12-11-19-15(2)25-20-6-4-5-13-27(19)20/h4-10,13-14H,3,11-12H2,1-2H3,(H,26,29). The van der Waals surface area contributed by atoms with E-state index in [1.165, 1.54) is 23.5 Å². The van der Waals surface area contributed by atoms with Crippen molar-refractivity contribution in [2.45, 2.75) is 26.7 Å². The van der Waals surface area contributed by atoms with Gasteiger partial charge in [0.05, 0.1) is 17.2 Å². The number of aryl methyl sites for hydroxylation is 2. The summed E-state index contributed by atoms with van der Waals surface area (Å²) >= 11 is 1.21. The molecule has 0 atom stereocenters. The molecule has 10 heteroatoms. The van der Waals surface area contributed by atoms with Gasteiger partial charge in [0.25, 0.3) is 5.69 Å². The Labute approximate surface area is 199 Å². The Morgan fingerprint density at radius 2 is 1.97 bits per heavy atom. The van der Waals surface area contributed by atoms with E-state index < -0.39 is 10.9 Å². The lowest BCUT2D eigenvalue weighted by Crippen LogP contribution is -2.15. The maximum atomic E-state index is 12.8. The monoisotopic (exact) mass is 478 g/mol. The number of hydrogen-bond acceptors (Lipinski definition) is 7. The van der Waals surface area contributed by atoms with Crippen molar-refractivity contribution in [3.05, 3.63) is 81.1 Å². The van der Waals surface area contributed by atoms with E-state index in [-0.39, 0.29) is 30.2 Å². The molecular weight excluding hydrogens is 456 g/mol. The number of nitro groups is 1. The minimum Gasteiger partial charge on any atom is -0.462 e. The molecule has 9 nitrogen and oxygen atoms in total. The Hall–Kier alpha value is -4.05. The molecule has 0 fully saturated rings. The molecular formula is C24H22N4O5S. The number of rotatable bonds is 8. The summed E-state index contributed by atoms with van der Waals surface area (Å²) in [5.74, 6) is -0.807. The molecule has 174 valence electrons. The molecule has 3 aromatic heterocycles. The van der Waals surface area contributed by atoms with E-state index in [9.17, 15) is 19.7 Å². The highest BCUT2D eigenvalue weighted by Gasteiger charge is 2.23. The van der Waals surface area contributed by atoms with E-state index in [1.807, 2.05) is 35.7 Å². The average Bonchev–Trinajstić information content (AvgIpc) is 3.38. The second-order valence-corrected chi connectivity index (χ2v) is 8.38. The fourth-order valence-electron chi connectivity index (χ4n) is 3.72. The number of carbonyl (C=O) groups is 2. The summed E-state index contributed by atoms with van der Waals surface area (Å²) in [5.41, 5.74) is 3.99. The van der Waals surface area contributed by atoms with Crippen molar-refractivity contribution in [3.63, 3.8) is 0 Å².